The molecule has 0 fully saturated rings. The number of aryl methyl sites for hydroxylation is 1. The van der Waals surface area contributed by atoms with Gasteiger partial charge in [0.05, 0.1) is 12.7 Å². The molecule has 0 bridgehead atoms. The third kappa shape index (κ3) is 1.65. The second kappa shape index (κ2) is 3.84. The summed E-state index contributed by atoms with van der Waals surface area (Å²) in [6.07, 6.45) is 0. The number of hydrogen-bond donors (Lipinski definition) is 1. The van der Waals surface area contributed by atoms with E-state index in [1.807, 2.05) is 0 Å². The molecule has 0 aliphatic carbocycles. The highest BCUT2D eigenvalue weighted by Gasteiger charge is 2.21. The highest BCUT2D eigenvalue weighted by atomic mass is 35.5. The predicted octanol–water partition coefficient (Wildman–Crippen LogP) is 1.80. The largest absolute Gasteiger partial charge is 0.465 e. The molecule has 0 radical (unpaired) electrons. The van der Waals surface area contributed by atoms with E-state index < -0.39 is 11.2 Å². The highest BCUT2D eigenvalue weighted by Crippen LogP contribution is 2.19. The van der Waals surface area contributed by atoms with Crippen LogP contribution >= 0.6 is 11.6 Å². The number of aromatic nitrogens is 1. The number of carbonyl (C=O) groups excluding carboxylic acids is 2. The second-order valence-corrected chi connectivity index (χ2v) is 3.23. The Morgan fingerprint density at radius 2 is 1.93 bits per heavy atom. The van der Waals surface area contributed by atoms with Crippen molar-refractivity contribution in [2.45, 2.75) is 13.8 Å². The van der Waals surface area contributed by atoms with E-state index in [1.165, 1.54) is 7.11 Å². The summed E-state index contributed by atoms with van der Waals surface area (Å²) in [5, 5.41) is -0.610. The van der Waals surface area contributed by atoms with Gasteiger partial charge in [0.1, 0.15) is 5.69 Å². The van der Waals surface area contributed by atoms with Crippen molar-refractivity contribution in [3.8, 4) is 0 Å². The monoisotopic (exact) mass is 215 g/mol. The fourth-order valence-corrected chi connectivity index (χ4v) is 1.54. The van der Waals surface area contributed by atoms with Gasteiger partial charge in [0.2, 0.25) is 0 Å². The lowest BCUT2D eigenvalue weighted by Gasteiger charge is -1.98. The summed E-state index contributed by atoms with van der Waals surface area (Å²) in [6, 6.07) is 0. The summed E-state index contributed by atoms with van der Waals surface area (Å²) < 4.78 is 4.58. The van der Waals surface area contributed by atoms with Gasteiger partial charge in [0.15, 0.2) is 0 Å². The normalized spacial score (nSPS) is 10.0. The van der Waals surface area contributed by atoms with E-state index in [2.05, 4.69) is 9.72 Å². The summed E-state index contributed by atoms with van der Waals surface area (Å²) >= 11 is 5.32. The van der Waals surface area contributed by atoms with Crippen molar-refractivity contribution < 1.29 is 14.3 Å². The zero-order chi connectivity index (χ0) is 10.9. The molecule has 0 amide bonds. The molecule has 1 aromatic rings. The molecule has 76 valence electrons. The maximum Gasteiger partial charge on any atom is 0.339 e. The average Bonchev–Trinajstić information content (AvgIpc) is 2.41. The fourth-order valence-electron chi connectivity index (χ4n) is 1.35. The SMILES string of the molecule is COC(=O)c1c(C)[nH]c(C(=O)Cl)c1C. The van der Waals surface area contributed by atoms with E-state index in [4.69, 9.17) is 11.6 Å². The van der Waals surface area contributed by atoms with Crippen LogP contribution in [0.2, 0.25) is 0 Å². The van der Waals surface area contributed by atoms with Gasteiger partial charge in [-0.3, -0.25) is 4.79 Å². The molecular formula is C9H10ClNO3. The van der Waals surface area contributed by atoms with Crippen LogP contribution in [-0.2, 0) is 4.74 Å². The molecule has 1 heterocycles. The van der Waals surface area contributed by atoms with Crippen molar-refractivity contribution in [3.05, 3.63) is 22.5 Å². The maximum atomic E-state index is 11.3. The average molecular weight is 216 g/mol. The zero-order valence-electron chi connectivity index (χ0n) is 8.10. The first-order valence-corrected chi connectivity index (χ1v) is 4.34. The molecule has 4 nitrogen and oxygen atoms in total. The number of aromatic amines is 1. The molecule has 0 unspecified atom stereocenters. The summed E-state index contributed by atoms with van der Waals surface area (Å²) in [4.78, 5) is 25.0. The summed E-state index contributed by atoms with van der Waals surface area (Å²) in [6.45, 7) is 3.33. The van der Waals surface area contributed by atoms with Crippen LogP contribution in [0, 0.1) is 13.8 Å². The van der Waals surface area contributed by atoms with Crippen LogP contribution in [0.15, 0.2) is 0 Å². The van der Waals surface area contributed by atoms with Gasteiger partial charge in [0, 0.05) is 5.69 Å². The molecule has 0 spiro atoms. The van der Waals surface area contributed by atoms with Crippen molar-refractivity contribution in [2.24, 2.45) is 0 Å². The summed E-state index contributed by atoms with van der Waals surface area (Å²) in [5.74, 6) is -0.472. The van der Waals surface area contributed by atoms with Crippen molar-refractivity contribution in [1.29, 1.82) is 0 Å². The molecule has 0 aliphatic heterocycles. The number of nitrogens with one attached hydrogen (secondary N) is 1. The molecule has 0 saturated carbocycles. The molecule has 14 heavy (non-hydrogen) atoms. The van der Waals surface area contributed by atoms with Crippen LogP contribution < -0.4 is 0 Å². The third-order valence-corrected chi connectivity index (χ3v) is 2.21. The second-order valence-electron chi connectivity index (χ2n) is 2.89. The van der Waals surface area contributed by atoms with Crippen LogP contribution in [0.1, 0.15) is 32.1 Å². The smallest absolute Gasteiger partial charge is 0.339 e. The lowest BCUT2D eigenvalue weighted by Crippen LogP contribution is -2.03. The van der Waals surface area contributed by atoms with E-state index in [9.17, 15) is 9.59 Å². The Hall–Kier alpha value is -1.29. The minimum absolute atomic E-state index is 0.240. The molecule has 1 rings (SSSR count). The van der Waals surface area contributed by atoms with Gasteiger partial charge in [-0.1, -0.05) is 0 Å². The van der Waals surface area contributed by atoms with Gasteiger partial charge < -0.3 is 9.72 Å². The van der Waals surface area contributed by atoms with Crippen molar-refractivity contribution >= 4 is 22.8 Å². The standard InChI is InChI=1S/C9H10ClNO3/c1-4-6(9(13)14-3)5(2)11-7(4)8(10)12/h11H,1-3H3. The Balaban J connectivity index is 3.31. The van der Waals surface area contributed by atoms with Gasteiger partial charge >= 0.3 is 5.97 Å². The Labute approximate surface area is 86.2 Å². The predicted molar refractivity (Wildman–Crippen MR) is 51.8 cm³/mol. The number of rotatable bonds is 2. The molecule has 1 aromatic heterocycles. The zero-order valence-corrected chi connectivity index (χ0v) is 8.86. The van der Waals surface area contributed by atoms with Crippen molar-refractivity contribution in [2.75, 3.05) is 7.11 Å². The lowest BCUT2D eigenvalue weighted by molar-refractivity contribution is 0.0599. The third-order valence-electron chi connectivity index (χ3n) is 2.02. The Bertz CT molecular complexity index is 395. The quantitative estimate of drug-likeness (QED) is 0.605. The van der Waals surface area contributed by atoms with Gasteiger partial charge in [-0.05, 0) is 31.0 Å². The van der Waals surface area contributed by atoms with Crippen LogP contribution in [0.5, 0.6) is 0 Å². The first-order chi connectivity index (χ1) is 6.49. The number of esters is 1. The molecular weight excluding hydrogens is 206 g/mol. The highest BCUT2D eigenvalue weighted by molar-refractivity contribution is 6.67. The van der Waals surface area contributed by atoms with E-state index in [0.29, 0.717) is 16.8 Å². The van der Waals surface area contributed by atoms with Crippen molar-refractivity contribution in [3.63, 3.8) is 0 Å². The Morgan fingerprint density at radius 1 is 1.36 bits per heavy atom. The number of ether oxygens (including phenoxy) is 1. The van der Waals surface area contributed by atoms with Crippen LogP contribution in [-0.4, -0.2) is 23.3 Å². The van der Waals surface area contributed by atoms with E-state index in [-0.39, 0.29) is 5.69 Å². The molecule has 5 heteroatoms. The molecule has 0 aromatic carbocycles. The number of H-pyrrole nitrogens is 1. The number of methoxy groups -OCH3 is 1. The van der Waals surface area contributed by atoms with Gasteiger partial charge in [-0.2, -0.15) is 0 Å². The molecule has 0 saturated heterocycles. The van der Waals surface area contributed by atoms with Gasteiger partial charge in [-0.15, -0.1) is 0 Å². The topological polar surface area (TPSA) is 59.2 Å². The van der Waals surface area contributed by atoms with Gasteiger partial charge in [0.25, 0.3) is 5.24 Å². The van der Waals surface area contributed by atoms with E-state index >= 15 is 0 Å². The number of hydrogen-bond acceptors (Lipinski definition) is 3. The Kier molecular flexibility index (Phi) is 2.96. The van der Waals surface area contributed by atoms with E-state index in [1.54, 1.807) is 13.8 Å². The van der Waals surface area contributed by atoms with Crippen LogP contribution in [0.25, 0.3) is 0 Å². The van der Waals surface area contributed by atoms with E-state index in [0.717, 1.165) is 0 Å². The first kappa shape index (κ1) is 10.8. The number of halogens is 1. The Morgan fingerprint density at radius 3 is 2.29 bits per heavy atom. The fraction of sp³-hybridized carbons (Fsp3) is 0.333. The summed E-state index contributed by atoms with van der Waals surface area (Å²) in [7, 11) is 1.29. The minimum Gasteiger partial charge on any atom is -0.465 e. The summed E-state index contributed by atoms with van der Waals surface area (Å²) in [5.41, 5.74) is 1.72. The lowest BCUT2D eigenvalue weighted by atomic mass is 10.1. The van der Waals surface area contributed by atoms with Crippen LogP contribution in [0.3, 0.4) is 0 Å². The van der Waals surface area contributed by atoms with Gasteiger partial charge in [-0.25, -0.2) is 4.79 Å². The number of carbonyl (C=O) groups is 2. The molecule has 0 aliphatic rings. The molecule has 1 N–H and O–H groups in total. The minimum atomic E-state index is -0.610. The first-order valence-electron chi connectivity index (χ1n) is 3.96. The van der Waals surface area contributed by atoms with Crippen LogP contribution in [0.4, 0.5) is 0 Å². The maximum absolute atomic E-state index is 11.3. The molecule has 0 atom stereocenters. The van der Waals surface area contributed by atoms with Crippen molar-refractivity contribution in [1.82, 2.24) is 4.98 Å².